The number of rotatable bonds is 5. The van der Waals surface area contributed by atoms with Crippen molar-refractivity contribution in [2.45, 2.75) is 38.9 Å². The summed E-state index contributed by atoms with van der Waals surface area (Å²) in [4.78, 5) is 13.0. The van der Waals surface area contributed by atoms with Crippen molar-refractivity contribution in [1.29, 1.82) is 0 Å². The molecule has 0 bridgehead atoms. The first-order valence-electron chi connectivity index (χ1n) is 10.9. The van der Waals surface area contributed by atoms with Crippen molar-refractivity contribution >= 4 is 45.4 Å². The summed E-state index contributed by atoms with van der Waals surface area (Å²) in [7, 11) is 0. The number of pyridine rings is 1. The molecule has 4 aromatic heterocycles. The van der Waals surface area contributed by atoms with E-state index in [4.69, 9.17) is 9.51 Å². The molecule has 5 heterocycles. The predicted octanol–water partition coefficient (Wildman–Crippen LogP) is 5.13. The van der Waals surface area contributed by atoms with Crippen LogP contribution >= 0.6 is 28.4 Å². The number of hydrogen-bond acceptors (Lipinski definition) is 8. The van der Waals surface area contributed by atoms with Gasteiger partial charge in [0.25, 0.3) is 0 Å². The zero-order valence-electron chi connectivity index (χ0n) is 18.7. The molecule has 1 aliphatic rings. The summed E-state index contributed by atoms with van der Waals surface area (Å²) in [6.07, 6.45) is -1.86. The number of halogens is 4. The highest BCUT2D eigenvalue weighted by atomic mass is 127. The van der Waals surface area contributed by atoms with E-state index < -0.39 is 11.7 Å². The molecule has 2 N–H and O–H groups in total. The second-order valence-corrected chi connectivity index (χ2v) is 10.3. The molecule has 184 valence electrons. The number of hydrogen-bond donors (Lipinski definition) is 2. The lowest BCUT2D eigenvalue weighted by Crippen LogP contribution is -2.38. The molecule has 0 amide bonds. The van der Waals surface area contributed by atoms with Gasteiger partial charge in [-0.2, -0.15) is 18.3 Å². The summed E-state index contributed by atoms with van der Waals surface area (Å²) in [5, 5.41) is 15.4. The number of anilines is 1. The molecule has 2 atom stereocenters. The monoisotopic (exact) mass is 616 g/mol. The Morgan fingerprint density at radius 3 is 2.71 bits per heavy atom. The van der Waals surface area contributed by atoms with Crippen molar-refractivity contribution in [1.82, 2.24) is 35.0 Å². The Morgan fingerprint density at radius 2 is 2.06 bits per heavy atom. The fourth-order valence-corrected chi connectivity index (χ4v) is 5.61. The van der Waals surface area contributed by atoms with Gasteiger partial charge < -0.3 is 15.2 Å². The summed E-state index contributed by atoms with van der Waals surface area (Å²) in [5.74, 6) is 0.752. The maximum Gasteiger partial charge on any atom is 0.420 e. The maximum absolute atomic E-state index is 14.0. The molecule has 4 aromatic rings. The van der Waals surface area contributed by atoms with Gasteiger partial charge in [0.2, 0.25) is 5.95 Å². The molecular weight excluding hydrogens is 595 g/mol. The molecule has 0 aromatic carbocycles. The lowest BCUT2D eigenvalue weighted by Gasteiger charge is -2.24. The van der Waals surface area contributed by atoms with Crippen molar-refractivity contribution in [2.24, 2.45) is 0 Å². The number of aryl methyl sites for hydroxylation is 2. The molecule has 1 saturated heterocycles. The fraction of sp³-hybridized carbons (Fsp3) is 0.381. The molecule has 14 heteroatoms. The zero-order valence-corrected chi connectivity index (χ0v) is 21.9. The highest BCUT2D eigenvalue weighted by molar-refractivity contribution is 14.2. The van der Waals surface area contributed by atoms with Crippen LogP contribution in [0.5, 0.6) is 0 Å². The van der Waals surface area contributed by atoms with Gasteiger partial charge in [-0.3, -0.25) is 0 Å². The van der Waals surface area contributed by atoms with Gasteiger partial charge in [-0.1, -0.05) is 5.16 Å². The first-order valence-corrected chi connectivity index (χ1v) is 14.9. The van der Waals surface area contributed by atoms with Gasteiger partial charge in [0.05, 0.1) is 23.3 Å². The standard InChI is InChI=1S/C21H21F3IN8OP/c1-10-16(11(2)34-32-10)15-6-5-13-17(31-33(35-25)19(13)29-15)18-14(21(22,23)24)9-27-20(30-18)28-12-4-3-7-26-8-12/h5-6,9,12,26,35H,3-4,7-8H2,1-2H3,(H,27,28,30)/t12-/m0/s1. The highest BCUT2D eigenvalue weighted by Crippen LogP contribution is 2.40. The largest absolute Gasteiger partial charge is 0.420 e. The third kappa shape index (κ3) is 4.73. The average Bonchev–Trinajstić information content (AvgIpc) is 3.37. The minimum absolute atomic E-state index is 0.0396. The van der Waals surface area contributed by atoms with Crippen LogP contribution in [0.2, 0.25) is 0 Å². The van der Waals surface area contributed by atoms with Crippen LogP contribution in [0.15, 0.2) is 22.9 Å². The minimum atomic E-state index is -4.65. The Balaban J connectivity index is 1.64. The van der Waals surface area contributed by atoms with E-state index in [2.05, 4.69) is 52.9 Å². The molecule has 0 aliphatic carbocycles. The maximum atomic E-state index is 14.0. The molecular formula is C21H21F3IN8OP. The highest BCUT2D eigenvalue weighted by Gasteiger charge is 2.37. The van der Waals surface area contributed by atoms with Crippen LogP contribution in [-0.2, 0) is 6.18 Å². The van der Waals surface area contributed by atoms with E-state index in [9.17, 15) is 13.2 Å². The van der Waals surface area contributed by atoms with E-state index in [-0.39, 0.29) is 29.8 Å². The van der Waals surface area contributed by atoms with Crippen LogP contribution in [0, 0.1) is 13.8 Å². The first kappa shape index (κ1) is 24.3. The zero-order chi connectivity index (χ0) is 24.7. The first-order chi connectivity index (χ1) is 16.8. The topological polar surface area (TPSA) is 107 Å². The van der Waals surface area contributed by atoms with Gasteiger partial charge in [0, 0.05) is 24.2 Å². The van der Waals surface area contributed by atoms with Crippen LogP contribution in [0.1, 0.15) is 29.9 Å². The molecule has 5 rings (SSSR count). The van der Waals surface area contributed by atoms with Crippen molar-refractivity contribution < 1.29 is 17.7 Å². The number of fused-ring (bicyclic) bond motifs is 1. The van der Waals surface area contributed by atoms with Gasteiger partial charge in [0.15, 0.2) is 5.65 Å². The summed E-state index contributed by atoms with van der Waals surface area (Å²) >= 11 is 2.12. The summed E-state index contributed by atoms with van der Waals surface area (Å²) in [5.41, 5.74) is 1.41. The second-order valence-electron chi connectivity index (χ2n) is 8.25. The summed E-state index contributed by atoms with van der Waals surface area (Å²) in [6, 6.07) is 3.50. The lowest BCUT2D eigenvalue weighted by molar-refractivity contribution is -0.137. The number of nitrogens with zero attached hydrogens (tertiary/aromatic N) is 6. The van der Waals surface area contributed by atoms with Crippen LogP contribution in [-0.4, -0.2) is 48.8 Å². The normalized spacial score (nSPS) is 17.0. The van der Waals surface area contributed by atoms with E-state index in [1.807, 2.05) is 6.92 Å². The Kier molecular flexibility index (Phi) is 6.66. The Morgan fingerprint density at radius 1 is 1.23 bits per heavy atom. The fourth-order valence-electron chi connectivity index (χ4n) is 4.21. The third-order valence-electron chi connectivity index (χ3n) is 5.85. The number of aromatic nitrogens is 6. The van der Waals surface area contributed by atoms with E-state index in [0.717, 1.165) is 31.1 Å². The van der Waals surface area contributed by atoms with Gasteiger partial charge in [0.1, 0.15) is 22.7 Å². The molecule has 0 spiro atoms. The van der Waals surface area contributed by atoms with Crippen LogP contribution < -0.4 is 10.6 Å². The molecule has 35 heavy (non-hydrogen) atoms. The lowest BCUT2D eigenvalue weighted by atomic mass is 10.1. The molecule has 0 saturated carbocycles. The van der Waals surface area contributed by atoms with Gasteiger partial charge >= 0.3 is 6.18 Å². The summed E-state index contributed by atoms with van der Waals surface area (Å²) in [6.45, 7) is 5.21. The molecule has 0 radical (unpaired) electrons. The Hall–Kier alpha value is -2.38. The van der Waals surface area contributed by atoms with E-state index in [0.29, 0.717) is 34.7 Å². The van der Waals surface area contributed by atoms with Gasteiger partial charge in [-0.15, -0.1) is 0 Å². The molecule has 1 fully saturated rings. The van der Waals surface area contributed by atoms with Crippen molar-refractivity contribution in [3.63, 3.8) is 0 Å². The number of alkyl halides is 3. The number of piperidine rings is 1. The van der Waals surface area contributed by atoms with Gasteiger partial charge in [-0.05, 0) is 67.4 Å². The Bertz CT molecular complexity index is 1360. The van der Waals surface area contributed by atoms with Crippen LogP contribution in [0.3, 0.4) is 0 Å². The third-order valence-corrected chi connectivity index (χ3v) is 7.69. The van der Waals surface area contributed by atoms with Crippen molar-refractivity contribution in [3.8, 4) is 22.6 Å². The van der Waals surface area contributed by atoms with Crippen LogP contribution in [0.4, 0.5) is 19.1 Å². The Labute approximate surface area is 213 Å². The molecule has 1 aliphatic heterocycles. The molecule has 1 unspecified atom stereocenters. The smallest absolute Gasteiger partial charge is 0.361 e. The van der Waals surface area contributed by atoms with Crippen LogP contribution in [0.25, 0.3) is 33.7 Å². The SMILES string of the molecule is Cc1noc(C)c1-c1ccc2c(-c3nc(N[C@H]4CCCNC4)ncc3C(F)(F)F)nn(PI)c2n1. The second kappa shape index (κ2) is 9.58. The van der Waals surface area contributed by atoms with Gasteiger partial charge in [-0.25, -0.2) is 19.4 Å². The minimum Gasteiger partial charge on any atom is -0.361 e. The average molecular weight is 616 g/mol. The summed E-state index contributed by atoms with van der Waals surface area (Å²) < 4.78 is 48.8. The quantitative estimate of drug-likeness (QED) is 0.235. The van der Waals surface area contributed by atoms with Crippen molar-refractivity contribution in [2.75, 3.05) is 18.4 Å². The van der Waals surface area contributed by atoms with E-state index in [1.54, 1.807) is 23.5 Å². The predicted molar refractivity (Wildman–Crippen MR) is 136 cm³/mol. The van der Waals surface area contributed by atoms with E-state index >= 15 is 0 Å². The molecule has 9 nitrogen and oxygen atoms in total. The van der Waals surface area contributed by atoms with Crippen molar-refractivity contribution in [3.05, 3.63) is 35.3 Å². The number of nitrogens with one attached hydrogen (secondary N) is 2. The van der Waals surface area contributed by atoms with E-state index in [1.165, 1.54) is 0 Å².